The van der Waals surface area contributed by atoms with Gasteiger partial charge in [0.15, 0.2) is 5.82 Å². The van der Waals surface area contributed by atoms with Crippen molar-refractivity contribution in [1.82, 2.24) is 10.1 Å². The van der Waals surface area contributed by atoms with Crippen molar-refractivity contribution >= 4 is 23.2 Å². The molecule has 4 rings (SSSR count). The highest BCUT2D eigenvalue weighted by Gasteiger charge is 2.36. The molecule has 0 N–H and O–H groups in total. The molecule has 8 heteroatoms. The standard InChI is InChI=1S/C20H17ClFN3O3/c1-2-27-14-6-3-5-12(9-14)19-23-20(28-24-19)13-10-17(26)25(11-13)16-8-4-7-15(21)18(16)22/h3-9,13H,2,10-11H2,1H3. The Morgan fingerprint density at radius 2 is 2.14 bits per heavy atom. The van der Waals surface area contributed by atoms with Crippen molar-refractivity contribution in [3.05, 3.63) is 59.2 Å². The van der Waals surface area contributed by atoms with E-state index >= 15 is 0 Å². The van der Waals surface area contributed by atoms with E-state index in [0.717, 1.165) is 5.56 Å². The highest BCUT2D eigenvalue weighted by atomic mass is 35.5. The Bertz CT molecular complexity index is 1020. The summed E-state index contributed by atoms with van der Waals surface area (Å²) in [6.07, 6.45) is 0.159. The Balaban J connectivity index is 1.56. The molecule has 1 unspecified atom stereocenters. The van der Waals surface area contributed by atoms with E-state index in [2.05, 4.69) is 10.1 Å². The number of benzene rings is 2. The fraction of sp³-hybridized carbons (Fsp3) is 0.250. The van der Waals surface area contributed by atoms with E-state index in [1.165, 1.54) is 17.0 Å². The molecule has 0 aliphatic carbocycles. The van der Waals surface area contributed by atoms with Gasteiger partial charge in [-0.1, -0.05) is 35.0 Å². The third kappa shape index (κ3) is 3.45. The number of hydrogen-bond acceptors (Lipinski definition) is 5. The number of carbonyl (C=O) groups excluding carboxylic acids is 1. The number of nitrogens with zero attached hydrogens (tertiary/aromatic N) is 3. The first-order valence-corrected chi connectivity index (χ1v) is 9.26. The number of aromatic nitrogens is 2. The zero-order valence-corrected chi connectivity index (χ0v) is 15.8. The van der Waals surface area contributed by atoms with E-state index in [0.29, 0.717) is 24.1 Å². The first-order chi connectivity index (χ1) is 13.6. The summed E-state index contributed by atoms with van der Waals surface area (Å²) in [5.74, 6) is 0.320. The van der Waals surface area contributed by atoms with Gasteiger partial charge in [-0.2, -0.15) is 4.98 Å². The van der Waals surface area contributed by atoms with Crippen LogP contribution in [0.15, 0.2) is 47.0 Å². The van der Waals surface area contributed by atoms with Crippen LogP contribution < -0.4 is 9.64 Å². The van der Waals surface area contributed by atoms with Crippen molar-refractivity contribution in [2.45, 2.75) is 19.3 Å². The predicted molar refractivity (Wildman–Crippen MR) is 102 cm³/mol. The summed E-state index contributed by atoms with van der Waals surface area (Å²) < 4.78 is 25.2. The van der Waals surface area contributed by atoms with Gasteiger partial charge in [0.2, 0.25) is 17.6 Å². The van der Waals surface area contributed by atoms with Gasteiger partial charge < -0.3 is 14.2 Å². The largest absolute Gasteiger partial charge is 0.494 e. The molecule has 1 aliphatic rings. The van der Waals surface area contributed by atoms with Crippen LogP contribution in [0.3, 0.4) is 0 Å². The predicted octanol–water partition coefficient (Wildman–Crippen LogP) is 4.45. The van der Waals surface area contributed by atoms with Crippen LogP contribution in [-0.4, -0.2) is 29.2 Å². The Morgan fingerprint density at radius 1 is 1.32 bits per heavy atom. The third-order valence-corrected chi connectivity index (χ3v) is 4.83. The molecule has 1 atom stereocenters. The van der Waals surface area contributed by atoms with Crippen molar-refractivity contribution < 1.29 is 18.4 Å². The minimum Gasteiger partial charge on any atom is -0.494 e. The van der Waals surface area contributed by atoms with E-state index < -0.39 is 5.82 Å². The molecule has 1 amide bonds. The summed E-state index contributed by atoms with van der Waals surface area (Å²) in [6.45, 7) is 2.71. The Morgan fingerprint density at radius 3 is 2.96 bits per heavy atom. The summed E-state index contributed by atoms with van der Waals surface area (Å²) in [4.78, 5) is 18.2. The van der Waals surface area contributed by atoms with E-state index in [1.807, 2.05) is 31.2 Å². The highest BCUT2D eigenvalue weighted by molar-refractivity contribution is 6.31. The van der Waals surface area contributed by atoms with Crippen LogP contribution in [0.2, 0.25) is 5.02 Å². The minimum absolute atomic E-state index is 0.0250. The van der Waals surface area contributed by atoms with E-state index in [4.69, 9.17) is 20.9 Å². The minimum atomic E-state index is -0.614. The molecule has 0 bridgehead atoms. The van der Waals surface area contributed by atoms with Crippen LogP contribution in [0, 0.1) is 5.82 Å². The molecule has 1 aliphatic heterocycles. The molecule has 0 radical (unpaired) electrons. The second kappa shape index (κ2) is 7.59. The zero-order valence-electron chi connectivity index (χ0n) is 15.1. The summed E-state index contributed by atoms with van der Waals surface area (Å²) in [5.41, 5.74) is 0.909. The summed E-state index contributed by atoms with van der Waals surface area (Å²) in [7, 11) is 0. The van der Waals surface area contributed by atoms with Gasteiger partial charge in [0.25, 0.3) is 0 Å². The van der Waals surface area contributed by atoms with Crippen LogP contribution in [-0.2, 0) is 4.79 Å². The molecule has 2 heterocycles. The second-order valence-electron chi connectivity index (χ2n) is 6.40. The van der Waals surface area contributed by atoms with Crippen LogP contribution in [0.1, 0.15) is 25.2 Å². The molecule has 6 nitrogen and oxygen atoms in total. The number of hydrogen-bond donors (Lipinski definition) is 0. The molecule has 144 valence electrons. The third-order valence-electron chi connectivity index (χ3n) is 4.54. The molecule has 28 heavy (non-hydrogen) atoms. The molecule has 1 aromatic heterocycles. The second-order valence-corrected chi connectivity index (χ2v) is 6.80. The highest BCUT2D eigenvalue weighted by Crippen LogP contribution is 2.35. The average Bonchev–Trinajstić information content (AvgIpc) is 3.32. The quantitative estimate of drug-likeness (QED) is 0.631. The van der Waals surface area contributed by atoms with Gasteiger partial charge in [0.05, 0.1) is 23.2 Å². The molecular weight excluding hydrogens is 385 g/mol. The maximum Gasteiger partial charge on any atom is 0.232 e. The number of rotatable bonds is 5. The maximum atomic E-state index is 14.3. The fourth-order valence-corrected chi connectivity index (χ4v) is 3.39. The van der Waals surface area contributed by atoms with Gasteiger partial charge >= 0.3 is 0 Å². The maximum absolute atomic E-state index is 14.3. The first kappa shape index (κ1) is 18.4. The van der Waals surface area contributed by atoms with Gasteiger partial charge in [-0.15, -0.1) is 0 Å². The van der Waals surface area contributed by atoms with E-state index in [1.54, 1.807) is 6.07 Å². The molecular formula is C20H17ClFN3O3. The monoisotopic (exact) mass is 401 g/mol. The van der Waals surface area contributed by atoms with Crippen LogP contribution in [0.4, 0.5) is 10.1 Å². The van der Waals surface area contributed by atoms with Crippen molar-refractivity contribution in [2.24, 2.45) is 0 Å². The number of carbonyl (C=O) groups is 1. The summed E-state index contributed by atoms with van der Waals surface area (Å²) in [6, 6.07) is 12.0. The zero-order chi connectivity index (χ0) is 19.7. The smallest absolute Gasteiger partial charge is 0.232 e. The number of halogens is 2. The van der Waals surface area contributed by atoms with Crippen molar-refractivity contribution in [3.8, 4) is 17.1 Å². The molecule has 3 aromatic rings. The lowest BCUT2D eigenvalue weighted by atomic mass is 10.1. The van der Waals surface area contributed by atoms with Crippen LogP contribution >= 0.6 is 11.6 Å². The SMILES string of the molecule is CCOc1cccc(-c2noc(C3CC(=O)N(c4cccc(Cl)c4F)C3)n2)c1. The number of amides is 1. The summed E-state index contributed by atoms with van der Waals surface area (Å²) >= 11 is 5.84. The van der Waals surface area contributed by atoms with Crippen molar-refractivity contribution in [2.75, 3.05) is 18.1 Å². The van der Waals surface area contributed by atoms with Gasteiger partial charge in [-0.3, -0.25) is 4.79 Å². The molecule has 0 spiro atoms. The Labute approximate surface area is 165 Å². The van der Waals surface area contributed by atoms with E-state index in [9.17, 15) is 9.18 Å². The van der Waals surface area contributed by atoms with Gasteiger partial charge in [0, 0.05) is 18.5 Å². The van der Waals surface area contributed by atoms with Gasteiger partial charge in [-0.05, 0) is 31.2 Å². The van der Waals surface area contributed by atoms with Crippen molar-refractivity contribution in [1.29, 1.82) is 0 Å². The lowest BCUT2D eigenvalue weighted by Gasteiger charge is -2.17. The van der Waals surface area contributed by atoms with Crippen molar-refractivity contribution in [3.63, 3.8) is 0 Å². The molecule has 1 saturated heterocycles. The van der Waals surface area contributed by atoms with Crippen LogP contribution in [0.5, 0.6) is 5.75 Å². The Kier molecular flexibility index (Phi) is 5.00. The van der Waals surface area contributed by atoms with E-state index in [-0.39, 0.29) is 35.5 Å². The van der Waals surface area contributed by atoms with Gasteiger partial charge in [0.1, 0.15) is 5.75 Å². The van der Waals surface area contributed by atoms with Gasteiger partial charge in [-0.25, -0.2) is 4.39 Å². The summed E-state index contributed by atoms with van der Waals surface area (Å²) in [5, 5.41) is 4.00. The normalized spacial score (nSPS) is 16.6. The molecule has 1 fully saturated rings. The lowest BCUT2D eigenvalue weighted by Crippen LogP contribution is -2.25. The average molecular weight is 402 g/mol. The molecule has 2 aromatic carbocycles. The number of ether oxygens (including phenoxy) is 1. The first-order valence-electron chi connectivity index (χ1n) is 8.88. The van der Waals surface area contributed by atoms with Crippen LogP contribution in [0.25, 0.3) is 11.4 Å². The molecule has 0 saturated carbocycles. The number of anilines is 1. The fourth-order valence-electron chi connectivity index (χ4n) is 3.22. The Hall–Kier alpha value is -2.93. The lowest BCUT2D eigenvalue weighted by molar-refractivity contribution is -0.117. The topological polar surface area (TPSA) is 68.5 Å².